The third kappa shape index (κ3) is 3.87. The number of alkyl carbamates (subject to hydrolysis) is 1. The van der Waals surface area contributed by atoms with Crippen molar-refractivity contribution >= 4 is 6.09 Å². The summed E-state index contributed by atoms with van der Waals surface area (Å²) in [7, 11) is 0. The Hall–Kier alpha value is -0.770. The Labute approximate surface area is 104 Å². The highest BCUT2D eigenvalue weighted by molar-refractivity contribution is 5.69. The Morgan fingerprint density at radius 3 is 2.59 bits per heavy atom. The van der Waals surface area contributed by atoms with Crippen molar-refractivity contribution in [2.24, 2.45) is 11.7 Å². The van der Waals surface area contributed by atoms with Gasteiger partial charge in [0.05, 0.1) is 5.54 Å². The number of nitrogens with two attached hydrogens (primary N) is 1. The molecule has 17 heavy (non-hydrogen) atoms. The number of nitrogens with one attached hydrogen (secondary N) is 1. The van der Waals surface area contributed by atoms with Crippen molar-refractivity contribution < 1.29 is 9.53 Å². The topological polar surface area (TPSA) is 64.3 Å². The highest BCUT2D eigenvalue weighted by Gasteiger charge is 2.39. The highest BCUT2D eigenvalue weighted by atomic mass is 16.6. The average molecular weight is 242 g/mol. The zero-order chi connectivity index (χ0) is 13.1. The van der Waals surface area contributed by atoms with Crippen LogP contribution < -0.4 is 11.1 Å². The minimum Gasteiger partial charge on any atom is -0.444 e. The summed E-state index contributed by atoms with van der Waals surface area (Å²) in [5.41, 5.74) is 5.13. The van der Waals surface area contributed by atoms with Gasteiger partial charge in [-0.25, -0.2) is 4.79 Å². The van der Waals surface area contributed by atoms with Crippen LogP contribution in [0.25, 0.3) is 0 Å². The summed E-state index contributed by atoms with van der Waals surface area (Å²) < 4.78 is 5.31. The molecule has 0 aliphatic heterocycles. The molecule has 0 radical (unpaired) electrons. The minimum absolute atomic E-state index is 0.277. The van der Waals surface area contributed by atoms with Crippen molar-refractivity contribution in [1.82, 2.24) is 5.32 Å². The maximum Gasteiger partial charge on any atom is 0.408 e. The van der Waals surface area contributed by atoms with E-state index in [-0.39, 0.29) is 11.6 Å². The smallest absolute Gasteiger partial charge is 0.408 e. The lowest BCUT2D eigenvalue weighted by atomic mass is 9.74. The molecule has 0 saturated heterocycles. The molecular formula is C13H26N2O2. The molecule has 4 nitrogen and oxygen atoms in total. The zero-order valence-corrected chi connectivity index (χ0v) is 11.5. The molecule has 2 atom stereocenters. The molecule has 0 spiro atoms. The summed E-state index contributed by atoms with van der Waals surface area (Å²) in [5.74, 6) is 0.411. The maximum atomic E-state index is 11.8. The number of amides is 1. The van der Waals surface area contributed by atoms with E-state index < -0.39 is 5.60 Å². The molecule has 3 N–H and O–H groups in total. The molecule has 1 aliphatic rings. The Kier molecular flexibility index (Phi) is 4.42. The number of ether oxygens (including phenoxy) is 1. The second kappa shape index (κ2) is 5.25. The van der Waals surface area contributed by atoms with Crippen LogP contribution in [0.5, 0.6) is 0 Å². The van der Waals surface area contributed by atoms with E-state index in [2.05, 4.69) is 12.2 Å². The Morgan fingerprint density at radius 1 is 1.47 bits per heavy atom. The quantitative estimate of drug-likeness (QED) is 0.781. The predicted octanol–water partition coefficient (Wildman–Crippen LogP) is 2.42. The van der Waals surface area contributed by atoms with E-state index in [4.69, 9.17) is 10.5 Å². The van der Waals surface area contributed by atoms with E-state index >= 15 is 0 Å². The summed E-state index contributed by atoms with van der Waals surface area (Å²) in [6.07, 6.45) is 4.06. The number of carbonyl (C=O) groups is 1. The lowest BCUT2D eigenvalue weighted by Crippen LogP contribution is -2.59. The molecule has 1 rings (SSSR count). The van der Waals surface area contributed by atoms with Gasteiger partial charge in [0.1, 0.15) is 5.60 Å². The van der Waals surface area contributed by atoms with Crippen LogP contribution in [0.3, 0.4) is 0 Å². The van der Waals surface area contributed by atoms with Crippen molar-refractivity contribution in [2.45, 2.75) is 64.5 Å². The van der Waals surface area contributed by atoms with Gasteiger partial charge in [-0.1, -0.05) is 19.8 Å². The number of hydrogen-bond acceptors (Lipinski definition) is 3. The number of hydrogen-bond donors (Lipinski definition) is 2. The standard InChI is InChI=1S/C13H26N2O2/c1-10-7-5-6-8-13(10,9-14)15-11(16)17-12(2,3)4/h10H,5-9,14H2,1-4H3,(H,15,16)/t10-,13+/m1/s1. The third-order valence-corrected chi connectivity index (χ3v) is 3.57. The molecule has 1 fully saturated rings. The number of carbonyl (C=O) groups excluding carboxylic acids is 1. The summed E-state index contributed by atoms with van der Waals surface area (Å²) in [6.45, 7) is 8.24. The molecule has 1 aliphatic carbocycles. The largest absolute Gasteiger partial charge is 0.444 e. The highest BCUT2D eigenvalue weighted by Crippen LogP contribution is 2.33. The molecule has 0 aromatic carbocycles. The number of rotatable bonds is 2. The van der Waals surface area contributed by atoms with Gasteiger partial charge in [0.2, 0.25) is 0 Å². The van der Waals surface area contributed by atoms with Crippen LogP contribution in [-0.4, -0.2) is 23.8 Å². The van der Waals surface area contributed by atoms with E-state index in [0.717, 1.165) is 19.3 Å². The Bertz CT molecular complexity index is 273. The van der Waals surface area contributed by atoms with E-state index in [1.165, 1.54) is 6.42 Å². The van der Waals surface area contributed by atoms with E-state index in [0.29, 0.717) is 12.5 Å². The maximum absolute atomic E-state index is 11.8. The van der Waals surface area contributed by atoms with E-state index in [1.807, 2.05) is 20.8 Å². The SMILES string of the molecule is C[C@@H]1CCCC[C@@]1(CN)NC(=O)OC(C)(C)C. The van der Waals surface area contributed by atoms with E-state index in [9.17, 15) is 4.79 Å². The monoisotopic (exact) mass is 242 g/mol. The molecule has 0 unspecified atom stereocenters. The molecule has 0 aromatic heterocycles. The fourth-order valence-corrected chi connectivity index (χ4v) is 2.46. The second-order valence-corrected chi connectivity index (χ2v) is 6.13. The first kappa shape index (κ1) is 14.3. The van der Waals surface area contributed by atoms with Gasteiger partial charge in [0.25, 0.3) is 0 Å². The van der Waals surface area contributed by atoms with Gasteiger partial charge in [-0.2, -0.15) is 0 Å². The molecule has 1 saturated carbocycles. The van der Waals surface area contributed by atoms with E-state index in [1.54, 1.807) is 0 Å². The first-order chi connectivity index (χ1) is 7.79. The van der Waals surface area contributed by atoms with Crippen LogP contribution in [0.15, 0.2) is 0 Å². The first-order valence-corrected chi connectivity index (χ1v) is 6.50. The van der Waals surface area contributed by atoms with Crippen LogP contribution in [0, 0.1) is 5.92 Å². The lowest BCUT2D eigenvalue weighted by molar-refractivity contribution is 0.0375. The fraction of sp³-hybridized carbons (Fsp3) is 0.923. The molecule has 4 heteroatoms. The predicted molar refractivity (Wildman–Crippen MR) is 68.8 cm³/mol. The minimum atomic E-state index is -0.461. The van der Waals surface area contributed by atoms with Crippen molar-refractivity contribution in [2.75, 3.05) is 6.54 Å². The summed E-state index contributed by atoms with van der Waals surface area (Å²) in [5, 5.41) is 3.00. The van der Waals surface area contributed by atoms with Crippen molar-refractivity contribution in [3.63, 3.8) is 0 Å². The Morgan fingerprint density at radius 2 is 2.12 bits per heavy atom. The lowest BCUT2D eigenvalue weighted by Gasteiger charge is -2.42. The molecule has 0 heterocycles. The van der Waals surface area contributed by atoms with Crippen LogP contribution in [0.1, 0.15) is 53.4 Å². The van der Waals surface area contributed by atoms with Gasteiger partial charge in [-0.3, -0.25) is 0 Å². The van der Waals surface area contributed by atoms with Crippen LogP contribution in [0.2, 0.25) is 0 Å². The average Bonchev–Trinajstić information content (AvgIpc) is 2.19. The Balaban J connectivity index is 2.65. The van der Waals surface area contributed by atoms with Gasteiger partial charge >= 0.3 is 6.09 Å². The molecule has 1 amide bonds. The molecule has 0 bridgehead atoms. The van der Waals surface area contributed by atoms with Crippen molar-refractivity contribution in [3.8, 4) is 0 Å². The summed E-state index contributed by atoms with van der Waals surface area (Å²) in [4.78, 5) is 11.8. The van der Waals surface area contributed by atoms with Gasteiger partial charge < -0.3 is 15.8 Å². The van der Waals surface area contributed by atoms with Gasteiger partial charge in [0.15, 0.2) is 0 Å². The first-order valence-electron chi connectivity index (χ1n) is 6.50. The fourth-order valence-electron chi connectivity index (χ4n) is 2.46. The normalized spacial score (nSPS) is 29.8. The van der Waals surface area contributed by atoms with Gasteiger partial charge in [-0.05, 0) is 39.5 Å². The molecule has 100 valence electrons. The van der Waals surface area contributed by atoms with Gasteiger partial charge in [0, 0.05) is 6.54 Å². The second-order valence-electron chi connectivity index (χ2n) is 6.13. The van der Waals surface area contributed by atoms with Crippen LogP contribution in [0.4, 0.5) is 4.79 Å². The summed E-state index contributed by atoms with van der Waals surface area (Å²) in [6, 6.07) is 0. The van der Waals surface area contributed by atoms with Crippen molar-refractivity contribution in [3.05, 3.63) is 0 Å². The van der Waals surface area contributed by atoms with Crippen molar-refractivity contribution in [1.29, 1.82) is 0 Å². The summed E-state index contributed by atoms with van der Waals surface area (Å²) >= 11 is 0. The van der Waals surface area contributed by atoms with Gasteiger partial charge in [-0.15, -0.1) is 0 Å². The van der Waals surface area contributed by atoms with Crippen LogP contribution in [-0.2, 0) is 4.74 Å². The van der Waals surface area contributed by atoms with Crippen LogP contribution >= 0.6 is 0 Å². The third-order valence-electron chi connectivity index (χ3n) is 3.57. The molecular weight excluding hydrogens is 216 g/mol. The molecule has 0 aromatic rings. The zero-order valence-electron chi connectivity index (χ0n) is 11.5.